The lowest BCUT2D eigenvalue weighted by Crippen LogP contribution is -1.95. The van der Waals surface area contributed by atoms with Crippen LogP contribution in [0.5, 0.6) is 0 Å². The first-order valence-electron chi connectivity index (χ1n) is 8.36. The summed E-state index contributed by atoms with van der Waals surface area (Å²) in [4.78, 5) is 0. The minimum atomic E-state index is 0.767. The zero-order chi connectivity index (χ0) is 15.4. The van der Waals surface area contributed by atoms with Crippen LogP contribution < -0.4 is 0 Å². The quantitative estimate of drug-likeness (QED) is 0.566. The molecular weight excluding hydrogens is 244 g/mol. The highest BCUT2D eigenvalue weighted by atomic mass is 16.5. The smallest absolute Gasteiger partial charge is 0.123 e. The van der Waals surface area contributed by atoms with Gasteiger partial charge in [0, 0.05) is 0 Å². The maximum atomic E-state index is 5.78. The Morgan fingerprint density at radius 1 is 0.850 bits per heavy atom. The molecule has 1 saturated carbocycles. The first-order chi connectivity index (χ1) is 9.92. The van der Waals surface area contributed by atoms with Crippen molar-refractivity contribution in [3.8, 4) is 0 Å². The van der Waals surface area contributed by atoms with Crippen LogP contribution in [-0.4, -0.2) is 0 Å². The predicted molar refractivity (Wildman–Crippen MR) is 90.4 cm³/mol. The van der Waals surface area contributed by atoms with Gasteiger partial charge in [-0.15, -0.1) is 0 Å². The van der Waals surface area contributed by atoms with Gasteiger partial charge in [-0.2, -0.15) is 0 Å². The van der Waals surface area contributed by atoms with Crippen LogP contribution in [0, 0.1) is 11.8 Å². The third kappa shape index (κ3) is 6.27. The average molecular weight is 276 g/mol. The van der Waals surface area contributed by atoms with Gasteiger partial charge in [0.15, 0.2) is 0 Å². The zero-order valence-electron chi connectivity index (χ0n) is 14.1. The molecule has 0 bridgehead atoms. The van der Waals surface area contributed by atoms with Crippen molar-refractivity contribution in [3.05, 3.63) is 48.0 Å². The summed E-state index contributed by atoms with van der Waals surface area (Å²) in [6, 6.07) is 0. The van der Waals surface area contributed by atoms with Crippen LogP contribution in [0.3, 0.4) is 0 Å². The van der Waals surface area contributed by atoms with E-state index < -0.39 is 0 Å². The second kappa shape index (κ2) is 11.6. The Labute approximate surface area is 126 Å². The van der Waals surface area contributed by atoms with Crippen LogP contribution in [0.15, 0.2) is 48.0 Å². The van der Waals surface area contributed by atoms with Crippen LogP contribution in [-0.2, 0) is 4.74 Å². The maximum absolute atomic E-state index is 5.78. The van der Waals surface area contributed by atoms with E-state index in [2.05, 4.69) is 36.5 Å². The molecule has 0 aromatic rings. The van der Waals surface area contributed by atoms with Crippen molar-refractivity contribution in [1.82, 2.24) is 0 Å². The first kappa shape index (κ1) is 18.8. The van der Waals surface area contributed by atoms with E-state index >= 15 is 0 Å². The van der Waals surface area contributed by atoms with Gasteiger partial charge in [0.05, 0.1) is 0 Å². The van der Waals surface area contributed by atoms with Gasteiger partial charge in [0.25, 0.3) is 0 Å². The second-order valence-electron chi connectivity index (χ2n) is 4.18. The highest BCUT2D eigenvalue weighted by Gasteiger charge is 2.35. The summed E-state index contributed by atoms with van der Waals surface area (Å²) in [5.41, 5.74) is 0. The number of fused-ring (bicyclic) bond motifs is 1. The normalized spacial score (nSPS) is 24.1. The van der Waals surface area contributed by atoms with Crippen molar-refractivity contribution >= 4 is 0 Å². The minimum absolute atomic E-state index is 0.767. The molecule has 0 saturated heterocycles. The van der Waals surface area contributed by atoms with Gasteiger partial charge in [0.1, 0.15) is 11.5 Å². The molecule has 0 aromatic heterocycles. The summed E-state index contributed by atoms with van der Waals surface area (Å²) in [7, 11) is 0. The summed E-state index contributed by atoms with van der Waals surface area (Å²) in [5, 5.41) is 0. The van der Waals surface area contributed by atoms with E-state index in [-0.39, 0.29) is 0 Å². The number of hydrogen-bond acceptors (Lipinski definition) is 1. The Bertz CT molecular complexity index is 358. The predicted octanol–water partition coefficient (Wildman–Crippen LogP) is 6.41. The molecule has 0 N–H and O–H groups in total. The Balaban J connectivity index is 0.000000538. The summed E-state index contributed by atoms with van der Waals surface area (Å²) in [6.45, 7) is 12.0. The second-order valence-corrected chi connectivity index (χ2v) is 4.18. The van der Waals surface area contributed by atoms with Gasteiger partial charge in [0.2, 0.25) is 0 Å². The molecule has 0 heterocycles. The maximum Gasteiger partial charge on any atom is 0.123 e. The highest BCUT2D eigenvalue weighted by Crippen LogP contribution is 2.44. The minimum Gasteiger partial charge on any atom is -0.458 e. The Morgan fingerprint density at radius 2 is 1.55 bits per heavy atom. The Kier molecular flexibility index (Phi) is 10.9. The van der Waals surface area contributed by atoms with Crippen molar-refractivity contribution in [1.29, 1.82) is 0 Å². The van der Waals surface area contributed by atoms with Gasteiger partial charge in [-0.05, 0) is 55.4 Å². The molecule has 2 atom stereocenters. The molecule has 0 aliphatic heterocycles. The number of hydrogen-bond donors (Lipinski definition) is 0. The van der Waals surface area contributed by atoms with E-state index in [4.69, 9.17) is 4.74 Å². The van der Waals surface area contributed by atoms with Crippen LogP contribution in [0.4, 0.5) is 0 Å². The van der Waals surface area contributed by atoms with E-state index in [0.29, 0.717) is 0 Å². The molecule has 2 unspecified atom stereocenters. The van der Waals surface area contributed by atoms with E-state index in [1.54, 1.807) is 0 Å². The lowest BCUT2D eigenvalue weighted by molar-refractivity contribution is 0.328. The van der Waals surface area contributed by atoms with Crippen molar-refractivity contribution in [2.24, 2.45) is 11.8 Å². The number of rotatable bonds is 2. The molecule has 20 heavy (non-hydrogen) atoms. The lowest BCUT2D eigenvalue weighted by Gasteiger charge is -2.11. The summed E-state index contributed by atoms with van der Waals surface area (Å²) < 4.78 is 5.78. The largest absolute Gasteiger partial charge is 0.458 e. The van der Waals surface area contributed by atoms with Crippen LogP contribution in [0.1, 0.15) is 60.8 Å². The molecule has 3 aliphatic rings. The summed E-state index contributed by atoms with van der Waals surface area (Å²) in [5.74, 6) is 3.62. The first-order valence-corrected chi connectivity index (χ1v) is 8.36. The van der Waals surface area contributed by atoms with Crippen molar-refractivity contribution in [2.75, 3.05) is 0 Å². The lowest BCUT2D eigenvalue weighted by atomic mass is 10.1. The number of allylic oxidation sites excluding steroid dienone is 6. The standard InChI is InChI=1S/C13H14O.3C2H6/c1-2-4-12(5-3-1)14-13-7-6-10-8-11(10)9-13;3*1-2/h2,4-7,9-11H,1,3,8H2;3*1-2H3. The fourth-order valence-corrected chi connectivity index (χ4v) is 2.00. The summed E-state index contributed by atoms with van der Waals surface area (Å²) in [6.07, 6.45) is 16.6. The van der Waals surface area contributed by atoms with E-state index in [9.17, 15) is 0 Å². The third-order valence-corrected chi connectivity index (χ3v) is 2.97. The topological polar surface area (TPSA) is 9.23 Å². The van der Waals surface area contributed by atoms with Crippen molar-refractivity contribution in [2.45, 2.75) is 60.8 Å². The van der Waals surface area contributed by atoms with Crippen LogP contribution in [0.2, 0.25) is 0 Å². The van der Waals surface area contributed by atoms with Crippen molar-refractivity contribution < 1.29 is 4.74 Å². The molecule has 3 rings (SSSR count). The molecule has 0 amide bonds. The fourth-order valence-electron chi connectivity index (χ4n) is 2.00. The SMILES string of the molecule is C1=CC(OC2=CC3CC3C=C2)=CCC1.CC.CC.CC. The van der Waals surface area contributed by atoms with E-state index in [1.807, 2.05) is 41.5 Å². The number of ether oxygens (including phenoxy) is 1. The van der Waals surface area contributed by atoms with E-state index in [0.717, 1.165) is 36.2 Å². The monoisotopic (exact) mass is 276 g/mol. The van der Waals surface area contributed by atoms with Gasteiger partial charge >= 0.3 is 0 Å². The Hall–Kier alpha value is -1.24. The molecular formula is C19H32O. The zero-order valence-corrected chi connectivity index (χ0v) is 14.1. The molecule has 1 fully saturated rings. The molecule has 0 spiro atoms. The molecule has 0 aromatic carbocycles. The van der Waals surface area contributed by atoms with Crippen LogP contribution >= 0.6 is 0 Å². The molecule has 114 valence electrons. The van der Waals surface area contributed by atoms with Gasteiger partial charge in [-0.1, -0.05) is 53.7 Å². The summed E-state index contributed by atoms with van der Waals surface area (Å²) >= 11 is 0. The highest BCUT2D eigenvalue weighted by molar-refractivity contribution is 5.29. The van der Waals surface area contributed by atoms with Gasteiger partial charge in [-0.25, -0.2) is 0 Å². The van der Waals surface area contributed by atoms with Gasteiger partial charge in [-0.3, -0.25) is 0 Å². The van der Waals surface area contributed by atoms with Gasteiger partial charge < -0.3 is 4.74 Å². The van der Waals surface area contributed by atoms with E-state index in [1.165, 1.54) is 6.42 Å². The Morgan fingerprint density at radius 3 is 2.10 bits per heavy atom. The average Bonchev–Trinajstić information content (AvgIpc) is 3.33. The molecule has 1 nitrogen and oxygen atoms in total. The van der Waals surface area contributed by atoms with Crippen LogP contribution in [0.25, 0.3) is 0 Å². The van der Waals surface area contributed by atoms with Crippen molar-refractivity contribution in [3.63, 3.8) is 0 Å². The molecule has 3 aliphatic carbocycles. The third-order valence-electron chi connectivity index (χ3n) is 2.97. The fraction of sp³-hybridized carbons (Fsp3) is 0.579. The molecule has 1 heteroatoms. The molecule has 0 radical (unpaired) electrons.